The van der Waals surface area contributed by atoms with Crippen LogP contribution in [-0.2, 0) is 4.74 Å². The molecule has 5 nitrogen and oxygen atoms in total. The monoisotopic (exact) mass is 290 g/mol. The zero-order valence-electron chi connectivity index (χ0n) is 12.3. The summed E-state index contributed by atoms with van der Waals surface area (Å²) in [5.74, 6) is -0.936. The Morgan fingerprint density at radius 3 is 2.86 bits per heavy atom. The molecule has 2 fully saturated rings. The molecule has 1 spiro atoms. The molecule has 1 aliphatic heterocycles. The summed E-state index contributed by atoms with van der Waals surface area (Å²) in [6, 6.07) is 5.42. The van der Waals surface area contributed by atoms with Gasteiger partial charge in [-0.1, -0.05) is 0 Å². The van der Waals surface area contributed by atoms with Crippen molar-refractivity contribution in [1.29, 1.82) is 0 Å². The minimum absolute atomic E-state index is 0.0500. The average Bonchev–Trinajstić information content (AvgIpc) is 2.45. The van der Waals surface area contributed by atoms with Crippen LogP contribution in [0.1, 0.15) is 42.5 Å². The number of carboxylic acid groups (broad SMARTS) is 1. The van der Waals surface area contributed by atoms with Gasteiger partial charge in [-0.2, -0.15) is 0 Å². The Bertz CT molecular complexity index is 554. The Morgan fingerprint density at radius 2 is 2.24 bits per heavy atom. The molecule has 0 amide bonds. The van der Waals surface area contributed by atoms with Crippen molar-refractivity contribution < 1.29 is 14.6 Å². The van der Waals surface area contributed by atoms with Gasteiger partial charge >= 0.3 is 5.97 Å². The highest BCUT2D eigenvalue weighted by molar-refractivity contribution is 5.95. The summed E-state index contributed by atoms with van der Waals surface area (Å²) < 4.78 is 5.95. The number of hydrogen-bond acceptors (Lipinski definition) is 4. The van der Waals surface area contributed by atoms with E-state index in [1.807, 2.05) is 13.1 Å². The molecule has 3 rings (SSSR count). The third kappa shape index (κ3) is 2.58. The van der Waals surface area contributed by atoms with E-state index in [9.17, 15) is 9.90 Å². The van der Waals surface area contributed by atoms with E-state index < -0.39 is 5.97 Å². The third-order valence-electron chi connectivity index (χ3n) is 4.91. The molecule has 2 aliphatic rings. The summed E-state index contributed by atoms with van der Waals surface area (Å²) in [5, 5.41) is 9.39. The van der Waals surface area contributed by atoms with Crippen molar-refractivity contribution in [3.8, 4) is 0 Å². The highest BCUT2D eigenvalue weighted by Crippen LogP contribution is 2.44. The molecule has 1 saturated carbocycles. The fraction of sp³-hybridized carbons (Fsp3) is 0.562. The lowest BCUT2D eigenvalue weighted by Crippen LogP contribution is -2.51. The smallest absolute Gasteiger partial charge is 0.337 e. The third-order valence-corrected chi connectivity index (χ3v) is 4.91. The first-order valence-electron chi connectivity index (χ1n) is 7.50. The first-order valence-corrected chi connectivity index (χ1v) is 7.50. The predicted octanol–water partition coefficient (Wildman–Crippen LogP) is 2.50. The highest BCUT2D eigenvalue weighted by Gasteiger charge is 2.43. The highest BCUT2D eigenvalue weighted by atomic mass is 16.5. The number of benzene rings is 1. The maximum atomic E-state index is 11.4. The number of carbonyl (C=O) groups is 1. The Morgan fingerprint density at radius 1 is 1.48 bits per heavy atom. The summed E-state index contributed by atoms with van der Waals surface area (Å²) in [5.41, 5.74) is 7.25. The topological polar surface area (TPSA) is 75.8 Å². The summed E-state index contributed by atoms with van der Waals surface area (Å²) >= 11 is 0. The Balaban J connectivity index is 1.84. The van der Waals surface area contributed by atoms with E-state index in [1.54, 1.807) is 6.07 Å². The van der Waals surface area contributed by atoms with Gasteiger partial charge in [0.1, 0.15) is 0 Å². The summed E-state index contributed by atoms with van der Waals surface area (Å²) in [6.07, 6.45) is 5.41. The zero-order valence-corrected chi connectivity index (χ0v) is 12.3. The Labute approximate surface area is 124 Å². The molecular formula is C16H22N2O3. The number of anilines is 2. The van der Waals surface area contributed by atoms with Crippen LogP contribution in [0.15, 0.2) is 18.2 Å². The summed E-state index contributed by atoms with van der Waals surface area (Å²) in [4.78, 5) is 13.5. The van der Waals surface area contributed by atoms with E-state index >= 15 is 0 Å². The zero-order chi connectivity index (χ0) is 15.0. The largest absolute Gasteiger partial charge is 0.478 e. The van der Waals surface area contributed by atoms with Crippen molar-refractivity contribution in [3.63, 3.8) is 0 Å². The fourth-order valence-corrected chi connectivity index (χ4v) is 3.48. The van der Waals surface area contributed by atoms with Crippen molar-refractivity contribution in [2.24, 2.45) is 0 Å². The van der Waals surface area contributed by atoms with E-state index in [4.69, 9.17) is 10.5 Å². The number of carboxylic acids is 1. The maximum Gasteiger partial charge on any atom is 0.337 e. The van der Waals surface area contributed by atoms with Gasteiger partial charge in [-0.15, -0.1) is 0 Å². The minimum Gasteiger partial charge on any atom is -0.478 e. The van der Waals surface area contributed by atoms with E-state index in [-0.39, 0.29) is 11.2 Å². The molecule has 1 unspecified atom stereocenters. The van der Waals surface area contributed by atoms with Gasteiger partial charge in [-0.05, 0) is 50.3 Å². The molecule has 0 radical (unpaired) electrons. The number of ether oxygens (including phenoxy) is 1. The van der Waals surface area contributed by atoms with E-state index in [0.29, 0.717) is 11.7 Å². The molecule has 21 heavy (non-hydrogen) atoms. The average molecular weight is 290 g/mol. The van der Waals surface area contributed by atoms with Crippen LogP contribution in [0.2, 0.25) is 0 Å². The number of rotatable bonds is 3. The van der Waals surface area contributed by atoms with E-state index in [2.05, 4.69) is 4.90 Å². The first kappa shape index (κ1) is 14.2. The molecule has 0 aromatic heterocycles. The van der Waals surface area contributed by atoms with Gasteiger partial charge in [0.15, 0.2) is 0 Å². The fourth-order valence-electron chi connectivity index (χ4n) is 3.48. The van der Waals surface area contributed by atoms with Gasteiger partial charge in [0, 0.05) is 25.4 Å². The normalized spacial score (nSPS) is 23.6. The van der Waals surface area contributed by atoms with Gasteiger partial charge in [0.25, 0.3) is 0 Å². The van der Waals surface area contributed by atoms with Gasteiger partial charge in [0.2, 0.25) is 0 Å². The first-order chi connectivity index (χ1) is 10.0. The van der Waals surface area contributed by atoms with Crippen molar-refractivity contribution in [3.05, 3.63) is 23.8 Å². The minimum atomic E-state index is -0.936. The second kappa shape index (κ2) is 5.22. The van der Waals surface area contributed by atoms with Crippen LogP contribution in [0.25, 0.3) is 0 Å². The standard InChI is InChI=1S/C16H22N2O3/c1-18(12-5-8-21-16(10-12)6-2-7-16)14-4-3-11(17)9-13(14)15(19)20/h3-4,9,12H,2,5-8,10,17H2,1H3,(H,19,20). The van der Waals surface area contributed by atoms with Crippen molar-refractivity contribution in [1.82, 2.24) is 0 Å². The van der Waals surface area contributed by atoms with Crippen LogP contribution in [0.4, 0.5) is 11.4 Å². The predicted molar refractivity (Wildman–Crippen MR) is 81.8 cm³/mol. The second-order valence-electron chi connectivity index (χ2n) is 6.22. The van der Waals surface area contributed by atoms with Gasteiger partial charge < -0.3 is 20.5 Å². The Hall–Kier alpha value is -1.75. The molecule has 1 atom stereocenters. The number of nitrogens with zero attached hydrogens (tertiary/aromatic N) is 1. The summed E-state index contributed by atoms with van der Waals surface area (Å²) in [7, 11) is 1.97. The molecule has 1 saturated heterocycles. The number of hydrogen-bond donors (Lipinski definition) is 2. The van der Waals surface area contributed by atoms with Gasteiger partial charge in [-0.3, -0.25) is 0 Å². The van der Waals surface area contributed by atoms with Crippen molar-refractivity contribution in [2.45, 2.75) is 43.7 Å². The van der Waals surface area contributed by atoms with Crippen LogP contribution in [0.5, 0.6) is 0 Å². The molecule has 1 aliphatic carbocycles. The van der Waals surface area contributed by atoms with Crippen molar-refractivity contribution in [2.75, 3.05) is 24.3 Å². The lowest BCUT2D eigenvalue weighted by Gasteiger charge is -2.49. The molecule has 114 valence electrons. The van der Waals surface area contributed by atoms with E-state index in [0.717, 1.165) is 38.0 Å². The van der Waals surface area contributed by atoms with Crippen LogP contribution in [0, 0.1) is 0 Å². The second-order valence-corrected chi connectivity index (χ2v) is 6.22. The molecular weight excluding hydrogens is 268 g/mol. The van der Waals surface area contributed by atoms with Crippen molar-refractivity contribution >= 4 is 17.3 Å². The van der Waals surface area contributed by atoms with E-state index in [1.165, 1.54) is 12.5 Å². The number of nitrogens with two attached hydrogens (primary N) is 1. The lowest BCUT2D eigenvalue weighted by molar-refractivity contribution is -0.132. The molecule has 3 N–H and O–H groups in total. The molecule has 0 bridgehead atoms. The molecule has 1 heterocycles. The molecule has 1 aromatic rings. The van der Waals surface area contributed by atoms with Crippen LogP contribution in [-0.4, -0.2) is 36.4 Å². The number of aromatic carboxylic acids is 1. The number of nitrogen functional groups attached to an aromatic ring is 1. The van der Waals surface area contributed by atoms with Gasteiger partial charge in [0.05, 0.1) is 16.9 Å². The summed E-state index contributed by atoms with van der Waals surface area (Å²) in [6.45, 7) is 0.756. The quantitative estimate of drug-likeness (QED) is 0.837. The van der Waals surface area contributed by atoms with Crippen LogP contribution >= 0.6 is 0 Å². The Kier molecular flexibility index (Phi) is 3.53. The SMILES string of the molecule is CN(c1ccc(N)cc1C(=O)O)C1CCOC2(CCC2)C1. The van der Waals surface area contributed by atoms with Gasteiger partial charge in [-0.25, -0.2) is 4.79 Å². The van der Waals surface area contributed by atoms with Crippen LogP contribution < -0.4 is 10.6 Å². The molecule has 1 aromatic carbocycles. The van der Waals surface area contributed by atoms with Crippen LogP contribution in [0.3, 0.4) is 0 Å². The maximum absolute atomic E-state index is 11.4. The molecule has 5 heteroatoms. The lowest BCUT2D eigenvalue weighted by atomic mass is 9.73.